The van der Waals surface area contributed by atoms with Crippen molar-refractivity contribution in [2.75, 3.05) is 32.8 Å². The average Bonchev–Trinajstić information content (AvgIpc) is 2.94. The van der Waals surface area contributed by atoms with Crippen molar-refractivity contribution >= 4 is 39.3 Å². The van der Waals surface area contributed by atoms with Crippen LogP contribution in [0, 0.1) is 0 Å². The molecule has 2 aromatic carbocycles. The van der Waals surface area contributed by atoms with Gasteiger partial charge in [0, 0.05) is 44.2 Å². The molecule has 0 bridgehead atoms. The van der Waals surface area contributed by atoms with Crippen molar-refractivity contribution in [1.29, 1.82) is 0 Å². The van der Waals surface area contributed by atoms with E-state index in [0.29, 0.717) is 49.9 Å². The number of ether oxygens (including phenoxy) is 1. The maximum atomic E-state index is 13.6. The van der Waals surface area contributed by atoms with E-state index in [9.17, 15) is 22.8 Å². The molecule has 1 unspecified atom stereocenters. The lowest BCUT2D eigenvalue weighted by molar-refractivity contribution is -0.149. The summed E-state index contributed by atoms with van der Waals surface area (Å²) < 4.78 is 33.9. The number of hydrogen-bond acceptors (Lipinski definition) is 7. The van der Waals surface area contributed by atoms with E-state index in [4.69, 9.17) is 22.1 Å². The lowest BCUT2D eigenvalue weighted by Gasteiger charge is -2.41. The predicted molar refractivity (Wildman–Crippen MR) is 154 cm³/mol. The molecule has 2 aliphatic rings. The number of nitrogens with one attached hydrogen (secondary N) is 2. The Hall–Kier alpha value is -3.03. The van der Waals surface area contributed by atoms with Crippen LogP contribution in [-0.2, 0) is 48.0 Å². The highest BCUT2D eigenvalue weighted by atomic mass is 35.5. The van der Waals surface area contributed by atoms with Gasteiger partial charge in [0.05, 0.1) is 19.0 Å². The van der Waals surface area contributed by atoms with E-state index in [2.05, 4.69) is 10.0 Å². The van der Waals surface area contributed by atoms with Crippen molar-refractivity contribution < 1.29 is 27.5 Å². The van der Waals surface area contributed by atoms with Gasteiger partial charge in [0.25, 0.3) is 0 Å². The van der Waals surface area contributed by atoms with Crippen LogP contribution in [0.15, 0.2) is 48.5 Å². The van der Waals surface area contributed by atoms with Gasteiger partial charge in [-0.2, -0.15) is 0 Å². The molecule has 0 spiro atoms. The van der Waals surface area contributed by atoms with Crippen molar-refractivity contribution in [2.45, 2.75) is 50.2 Å². The first-order chi connectivity index (χ1) is 19.7. The molecular weight excluding hydrogens is 570 g/mol. The number of halogens is 1. The van der Waals surface area contributed by atoms with Crippen LogP contribution in [-0.4, -0.2) is 80.9 Å². The quantitative estimate of drug-likeness (QED) is 0.328. The number of morpholine rings is 1. The zero-order valence-electron chi connectivity index (χ0n) is 22.8. The molecule has 11 nitrogen and oxygen atoms in total. The number of benzene rings is 2. The molecule has 2 saturated heterocycles. The Labute approximate surface area is 245 Å². The number of nitrogens with zero attached hydrogens (tertiary/aromatic N) is 2. The fraction of sp³-hybridized carbons (Fsp3) is 0.464. The lowest BCUT2D eigenvalue weighted by Crippen LogP contribution is -2.62. The first-order valence-corrected chi connectivity index (χ1v) is 15.6. The van der Waals surface area contributed by atoms with Crippen LogP contribution in [0.1, 0.15) is 36.0 Å². The number of rotatable bonds is 12. The monoisotopic (exact) mass is 605 g/mol. The third kappa shape index (κ3) is 8.49. The Morgan fingerprint density at radius 3 is 2.44 bits per heavy atom. The van der Waals surface area contributed by atoms with E-state index in [1.54, 1.807) is 53.4 Å². The molecule has 0 aromatic heterocycles. The maximum absolute atomic E-state index is 13.6. The second-order valence-electron chi connectivity index (χ2n) is 10.1. The maximum Gasteiger partial charge on any atom is 0.243 e. The molecule has 2 heterocycles. The summed E-state index contributed by atoms with van der Waals surface area (Å²) in [5.41, 5.74) is 7.98. The highest BCUT2D eigenvalue weighted by Gasteiger charge is 2.41. The fourth-order valence-corrected chi connectivity index (χ4v) is 6.47. The van der Waals surface area contributed by atoms with Crippen molar-refractivity contribution in [3.05, 3.63) is 70.2 Å². The topological polar surface area (TPSA) is 151 Å². The summed E-state index contributed by atoms with van der Waals surface area (Å²) >= 11 is 6.10. The molecule has 41 heavy (non-hydrogen) atoms. The minimum atomic E-state index is -3.93. The van der Waals surface area contributed by atoms with Crippen molar-refractivity contribution in [3.63, 3.8) is 0 Å². The van der Waals surface area contributed by atoms with E-state index >= 15 is 0 Å². The molecule has 2 aromatic rings. The van der Waals surface area contributed by atoms with Gasteiger partial charge in [0.15, 0.2) is 0 Å². The van der Waals surface area contributed by atoms with Gasteiger partial charge in [-0.15, -0.1) is 0 Å². The Bertz CT molecular complexity index is 1340. The Balaban J connectivity index is 1.43. The van der Waals surface area contributed by atoms with E-state index in [0.717, 1.165) is 11.1 Å². The summed E-state index contributed by atoms with van der Waals surface area (Å²) in [4.78, 5) is 42.5. The summed E-state index contributed by atoms with van der Waals surface area (Å²) in [7, 11) is -3.93. The summed E-state index contributed by atoms with van der Waals surface area (Å²) in [6, 6.07) is 11.9. The Morgan fingerprint density at radius 2 is 1.78 bits per heavy atom. The first kappa shape index (κ1) is 30.9. The van der Waals surface area contributed by atoms with Gasteiger partial charge in [-0.25, -0.2) is 13.1 Å². The summed E-state index contributed by atoms with van der Waals surface area (Å²) in [6.45, 7) is 2.54. The van der Waals surface area contributed by atoms with Crippen molar-refractivity contribution in [2.24, 2.45) is 5.73 Å². The average molecular weight is 606 g/mol. The fourth-order valence-electron chi connectivity index (χ4n) is 4.91. The van der Waals surface area contributed by atoms with Crippen molar-refractivity contribution in [3.8, 4) is 0 Å². The minimum Gasteiger partial charge on any atom is -0.378 e. The van der Waals surface area contributed by atoms with Crippen LogP contribution in [0.3, 0.4) is 0 Å². The van der Waals surface area contributed by atoms with Gasteiger partial charge in [-0.05, 0) is 41.7 Å². The summed E-state index contributed by atoms with van der Waals surface area (Å²) in [5.74, 6) is -1.39. The zero-order chi connectivity index (χ0) is 29.4. The molecule has 222 valence electrons. The third-order valence-electron chi connectivity index (χ3n) is 7.28. The highest BCUT2D eigenvalue weighted by molar-refractivity contribution is 7.88. The molecule has 0 radical (unpaired) electrons. The Morgan fingerprint density at radius 1 is 1.05 bits per heavy atom. The Kier molecular flexibility index (Phi) is 10.7. The molecule has 2 atom stereocenters. The van der Waals surface area contributed by atoms with Gasteiger partial charge < -0.3 is 25.6 Å². The van der Waals surface area contributed by atoms with Crippen LogP contribution in [0.2, 0.25) is 5.02 Å². The number of sulfonamides is 1. The van der Waals surface area contributed by atoms with E-state index in [1.807, 2.05) is 0 Å². The molecule has 3 amide bonds. The molecule has 2 aliphatic heterocycles. The van der Waals surface area contributed by atoms with Crippen LogP contribution in [0.4, 0.5) is 0 Å². The van der Waals surface area contributed by atoms with E-state index < -0.39 is 28.0 Å². The molecule has 0 aliphatic carbocycles. The molecule has 4 rings (SSSR count). The molecule has 0 saturated carbocycles. The normalized spacial score (nSPS) is 18.0. The van der Waals surface area contributed by atoms with E-state index in [-0.39, 0.29) is 43.5 Å². The number of amides is 3. The lowest BCUT2D eigenvalue weighted by atomic mass is 9.99. The number of likely N-dealkylation sites (tertiary alicyclic amines) is 1. The SMILES string of the molecule is NCc1ccc(Cl)cc1CNC(=O)[C@@H]1CCN1C(=O)C(CCC(=O)N1CCOCC1)NS(=O)(=O)Cc1ccccc1. The number of carbonyl (C=O) groups is 3. The predicted octanol–water partition coefficient (Wildman–Crippen LogP) is 1.14. The van der Waals surface area contributed by atoms with Crippen LogP contribution in [0.25, 0.3) is 0 Å². The minimum absolute atomic E-state index is 0.0222. The van der Waals surface area contributed by atoms with Gasteiger partial charge in [0.1, 0.15) is 12.1 Å². The van der Waals surface area contributed by atoms with Gasteiger partial charge in [-0.3, -0.25) is 14.4 Å². The largest absolute Gasteiger partial charge is 0.378 e. The van der Waals surface area contributed by atoms with Crippen LogP contribution >= 0.6 is 11.6 Å². The summed E-state index contributed by atoms with van der Waals surface area (Å²) in [6.07, 6.45) is 0.384. The van der Waals surface area contributed by atoms with Gasteiger partial charge >= 0.3 is 0 Å². The van der Waals surface area contributed by atoms with E-state index in [1.165, 1.54) is 4.90 Å². The third-order valence-corrected chi connectivity index (χ3v) is 8.87. The first-order valence-electron chi connectivity index (χ1n) is 13.6. The van der Waals surface area contributed by atoms with Gasteiger partial charge in [-0.1, -0.05) is 48.0 Å². The standard InChI is InChI=1S/C28H36ClN5O6S/c29-23-7-6-21(17-30)22(16-23)18-31-27(36)25-10-11-34(25)28(37)24(8-9-26(35)33-12-14-40-15-13-33)32-41(38,39)19-20-4-2-1-3-5-20/h1-7,16,24-25,32H,8-15,17-19,30H2,(H,31,36)/t24?,25-/m0/s1. The highest BCUT2D eigenvalue weighted by Crippen LogP contribution is 2.22. The molecule has 4 N–H and O–H groups in total. The van der Waals surface area contributed by atoms with Crippen LogP contribution in [0.5, 0.6) is 0 Å². The van der Waals surface area contributed by atoms with Gasteiger partial charge in [0.2, 0.25) is 27.7 Å². The second kappa shape index (κ2) is 14.2. The second-order valence-corrected chi connectivity index (χ2v) is 12.3. The molecular formula is C28H36ClN5O6S. The number of hydrogen-bond donors (Lipinski definition) is 3. The molecule has 2 fully saturated rings. The molecule has 13 heteroatoms. The van der Waals surface area contributed by atoms with Crippen LogP contribution < -0.4 is 15.8 Å². The smallest absolute Gasteiger partial charge is 0.243 e. The number of nitrogens with two attached hydrogens (primary N) is 1. The zero-order valence-corrected chi connectivity index (χ0v) is 24.3. The number of carbonyl (C=O) groups excluding carboxylic acids is 3. The summed E-state index contributed by atoms with van der Waals surface area (Å²) in [5, 5.41) is 3.36. The van der Waals surface area contributed by atoms with Crippen molar-refractivity contribution in [1.82, 2.24) is 19.8 Å².